The van der Waals surface area contributed by atoms with Crippen LogP contribution in [0.3, 0.4) is 0 Å². The number of ether oxygens (including phenoxy) is 1. The predicted molar refractivity (Wildman–Crippen MR) is 132 cm³/mol. The number of pyridine rings is 1. The van der Waals surface area contributed by atoms with Gasteiger partial charge < -0.3 is 10.1 Å². The Morgan fingerprint density at radius 2 is 1.79 bits per heavy atom. The van der Waals surface area contributed by atoms with E-state index in [9.17, 15) is 22.4 Å². The molecule has 7 nitrogen and oxygen atoms in total. The molecule has 0 aliphatic carbocycles. The molecular formula is C26H20ClF4N5O2. The minimum Gasteiger partial charge on any atom is -0.428 e. The van der Waals surface area contributed by atoms with E-state index in [1.807, 2.05) is 6.07 Å². The van der Waals surface area contributed by atoms with Crippen LogP contribution in [0.25, 0.3) is 0 Å². The number of carbonyl (C=O) groups is 1. The van der Waals surface area contributed by atoms with Crippen molar-refractivity contribution in [3.05, 3.63) is 113 Å². The van der Waals surface area contributed by atoms with Crippen LogP contribution in [0.5, 0.6) is 5.75 Å². The average molecular weight is 546 g/mol. The summed E-state index contributed by atoms with van der Waals surface area (Å²) in [7, 11) is 0. The molecule has 0 spiro atoms. The maximum Gasteiger partial charge on any atom is 0.461 e. The first-order valence-corrected chi connectivity index (χ1v) is 11.5. The Bertz CT molecular complexity index is 1370. The van der Waals surface area contributed by atoms with Crippen molar-refractivity contribution in [1.29, 1.82) is 0 Å². The molecule has 0 radical (unpaired) electrons. The van der Waals surface area contributed by atoms with E-state index in [4.69, 9.17) is 11.6 Å². The van der Waals surface area contributed by atoms with Crippen LogP contribution in [-0.4, -0.2) is 33.5 Å². The molecule has 2 aromatic carbocycles. The molecule has 196 valence electrons. The Hall–Kier alpha value is -4.25. The van der Waals surface area contributed by atoms with E-state index in [2.05, 4.69) is 30.3 Å². The van der Waals surface area contributed by atoms with Crippen LogP contribution in [0.15, 0.2) is 91.5 Å². The fraction of sp³-hybridized carbons (Fsp3) is 0.154. The van der Waals surface area contributed by atoms with E-state index in [-0.39, 0.29) is 17.8 Å². The molecule has 2 amide bonds. The lowest BCUT2D eigenvalue weighted by molar-refractivity contribution is -0.253. The number of alkyl halides is 4. The van der Waals surface area contributed by atoms with E-state index < -0.39 is 29.9 Å². The summed E-state index contributed by atoms with van der Waals surface area (Å²) < 4.78 is 57.5. The van der Waals surface area contributed by atoms with Crippen molar-refractivity contribution in [3.63, 3.8) is 0 Å². The van der Waals surface area contributed by atoms with Crippen molar-refractivity contribution in [1.82, 2.24) is 20.3 Å². The highest BCUT2D eigenvalue weighted by atomic mass is 35.5. The van der Waals surface area contributed by atoms with Crippen LogP contribution >= 0.6 is 11.6 Å². The molecule has 2 N–H and O–H groups in total. The van der Waals surface area contributed by atoms with E-state index >= 15 is 0 Å². The molecule has 0 saturated carbocycles. The van der Waals surface area contributed by atoms with Crippen molar-refractivity contribution in [2.45, 2.75) is 24.5 Å². The normalized spacial score (nSPS) is 13.0. The van der Waals surface area contributed by atoms with Gasteiger partial charge in [0.05, 0.1) is 10.7 Å². The zero-order valence-electron chi connectivity index (χ0n) is 19.5. The minimum atomic E-state index is -4.73. The van der Waals surface area contributed by atoms with Crippen LogP contribution < -0.4 is 15.4 Å². The highest BCUT2D eigenvalue weighted by Gasteiger charge is 2.44. The predicted octanol–water partition coefficient (Wildman–Crippen LogP) is 6.07. The molecule has 0 aliphatic rings. The maximum atomic E-state index is 13.7. The zero-order valence-corrected chi connectivity index (χ0v) is 20.2. The fourth-order valence-corrected chi connectivity index (χ4v) is 3.90. The Morgan fingerprint density at radius 1 is 1.00 bits per heavy atom. The highest BCUT2D eigenvalue weighted by molar-refractivity contribution is 6.30. The number of anilines is 1. The molecule has 0 saturated heterocycles. The van der Waals surface area contributed by atoms with Gasteiger partial charge in [-0.1, -0.05) is 54.1 Å². The van der Waals surface area contributed by atoms with Gasteiger partial charge in [0.1, 0.15) is 23.4 Å². The van der Waals surface area contributed by atoms with Crippen molar-refractivity contribution in [2.75, 3.05) is 5.32 Å². The quantitative estimate of drug-likeness (QED) is 0.249. The molecule has 38 heavy (non-hydrogen) atoms. The summed E-state index contributed by atoms with van der Waals surface area (Å²) >= 11 is 6.06. The molecule has 4 rings (SSSR count). The largest absolute Gasteiger partial charge is 0.461 e. The standard InChI is InChI=1S/C26H20ClF4N5O2/c27-19-9-10-21(33-15-19)25(14-17-5-2-1-3-6-17,36-24(37)35-22-11-12-32-16-34-22)18-7-4-8-20(13-18)38-26(30,31)23(28)29/h1-13,15-16,23H,14H2,(H2,32,34,35,36,37). The number of halogens is 5. The summed E-state index contributed by atoms with van der Waals surface area (Å²) in [5, 5.41) is 5.80. The molecule has 2 aromatic heterocycles. The Labute approximate surface area is 219 Å². The second-order valence-electron chi connectivity index (χ2n) is 8.10. The summed E-state index contributed by atoms with van der Waals surface area (Å²) in [6.45, 7) is 0. The third-order valence-electron chi connectivity index (χ3n) is 5.46. The third-order valence-corrected chi connectivity index (χ3v) is 5.69. The van der Waals surface area contributed by atoms with E-state index in [1.165, 1.54) is 36.9 Å². The van der Waals surface area contributed by atoms with Gasteiger partial charge in [0, 0.05) is 18.8 Å². The Kier molecular flexibility index (Phi) is 8.06. The number of aromatic nitrogens is 3. The van der Waals surface area contributed by atoms with E-state index in [0.29, 0.717) is 10.7 Å². The molecular weight excluding hydrogens is 526 g/mol. The maximum absolute atomic E-state index is 13.7. The van der Waals surface area contributed by atoms with Gasteiger partial charge >= 0.3 is 18.6 Å². The molecule has 0 bridgehead atoms. The van der Waals surface area contributed by atoms with Gasteiger partial charge in [-0.2, -0.15) is 17.6 Å². The number of amides is 2. The number of carbonyl (C=O) groups excluding carboxylic acids is 1. The number of nitrogens with zero attached hydrogens (tertiary/aromatic N) is 3. The first-order chi connectivity index (χ1) is 18.2. The summed E-state index contributed by atoms with van der Waals surface area (Å²) in [6.07, 6.45) is -4.63. The van der Waals surface area contributed by atoms with Crippen LogP contribution in [0.2, 0.25) is 5.02 Å². The highest BCUT2D eigenvalue weighted by Crippen LogP contribution is 2.36. The lowest BCUT2D eigenvalue weighted by Gasteiger charge is -2.35. The number of urea groups is 1. The molecule has 2 heterocycles. The lowest BCUT2D eigenvalue weighted by atomic mass is 9.80. The number of nitrogens with one attached hydrogen (secondary N) is 2. The summed E-state index contributed by atoms with van der Waals surface area (Å²) in [5.74, 6) is -0.332. The fourth-order valence-electron chi connectivity index (χ4n) is 3.78. The van der Waals surface area contributed by atoms with Gasteiger partial charge in [-0.25, -0.2) is 14.8 Å². The molecule has 0 aliphatic heterocycles. The van der Waals surface area contributed by atoms with Crippen molar-refractivity contribution < 1.29 is 27.1 Å². The summed E-state index contributed by atoms with van der Waals surface area (Å²) in [6, 6.07) is 18.0. The van der Waals surface area contributed by atoms with Gasteiger partial charge in [-0.3, -0.25) is 10.3 Å². The molecule has 4 aromatic rings. The summed E-state index contributed by atoms with van der Waals surface area (Å²) in [5.41, 5.74) is -0.225. The second-order valence-corrected chi connectivity index (χ2v) is 8.53. The van der Waals surface area contributed by atoms with Gasteiger partial charge in [0.25, 0.3) is 0 Å². The van der Waals surface area contributed by atoms with Crippen LogP contribution in [-0.2, 0) is 12.0 Å². The number of rotatable bonds is 9. The van der Waals surface area contributed by atoms with Gasteiger partial charge in [-0.15, -0.1) is 0 Å². The van der Waals surface area contributed by atoms with Crippen LogP contribution in [0, 0.1) is 0 Å². The van der Waals surface area contributed by atoms with Crippen molar-refractivity contribution in [2.24, 2.45) is 0 Å². The Balaban J connectivity index is 1.84. The van der Waals surface area contributed by atoms with Gasteiger partial charge in [0.15, 0.2) is 0 Å². The first-order valence-electron chi connectivity index (χ1n) is 11.1. The number of hydrogen-bond acceptors (Lipinski definition) is 5. The van der Waals surface area contributed by atoms with E-state index in [0.717, 1.165) is 17.7 Å². The van der Waals surface area contributed by atoms with E-state index in [1.54, 1.807) is 36.4 Å². The minimum absolute atomic E-state index is 0.0916. The molecule has 0 fully saturated rings. The van der Waals surface area contributed by atoms with Crippen molar-refractivity contribution in [3.8, 4) is 5.75 Å². The molecule has 12 heteroatoms. The number of benzene rings is 2. The lowest BCUT2D eigenvalue weighted by Crippen LogP contribution is -2.50. The van der Waals surface area contributed by atoms with Crippen molar-refractivity contribution >= 4 is 23.4 Å². The van der Waals surface area contributed by atoms with Gasteiger partial charge in [-0.05, 0) is 41.5 Å². The zero-order chi connectivity index (χ0) is 27.2. The average Bonchev–Trinajstić information content (AvgIpc) is 2.89. The third kappa shape index (κ3) is 6.35. The first kappa shape index (κ1) is 26.8. The smallest absolute Gasteiger partial charge is 0.428 e. The monoisotopic (exact) mass is 545 g/mol. The SMILES string of the molecule is O=C(Nc1ccncn1)NC(Cc1ccccc1)(c1cccc(OC(F)(F)C(F)F)c1)c1ccc(Cl)cn1. The topological polar surface area (TPSA) is 89.0 Å². The Morgan fingerprint density at radius 3 is 2.45 bits per heavy atom. The second kappa shape index (κ2) is 11.4. The van der Waals surface area contributed by atoms with Crippen LogP contribution in [0.1, 0.15) is 16.8 Å². The number of hydrogen-bond donors (Lipinski definition) is 2. The molecule has 1 atom stereocenters. The summed E-state index contributed by atoms with van der Waals surface area (Å²) in [4.78, 5) is 25.4. The van der Waals surface area contributed by atoms with Crippen LogP contribution in [0.4, 0.5) is 28.2 Å². The molecule has 1 unspecified atom stereocenters. The van der Waals surface area contributed by atoms with Gasteiger partial charge in [0.2, 0.25) is 0 Å².